The lowest BCUT2D eigenvalue weighted by Gasteiger charge is -2.26. The molecule has 0 aliphatic heterocycles. The minimum absolute atomic E-state index is 0.0113. The summed E-state index contributed by atoms with van der Waals surface area (Å²) < 4.78 is 38.5. The summed E-state index contributed by atoms with van der Waals surface area (Å²) in [5, 5.41) is 9.68. The molecule has 0 spiro atoms. The standard InChI is InChI=1S/C22H18F3NO3S/c1-13(2)26(20(27)15-8-10-16(11-9-15)22(23,24)25)17-12-18(30-19(17)21(28)29)14-6-4-3-5-7-14/h3-13H,1-2H3,(H,28,29). The number of amides is 1. The van der Waals surface area contributed by atoms with E-state index in [2.05, 4.69) is 0 Å². The molecule has 3 rings (SSSR count). The first-order chi connectivity index (χ1) is 14.1. The molecular weight excluding hydrogens is 415 g/mol. The second kappa shape index (κ2) is 8.31. The molecule has 8 heteroatoms. The lowest BCUT2D eigenvalue weighted by atomic mass is 10.1. The zero-order valence-electron chi connectivity index (χ0n) is 16.1. The topological polar surface area (TPSA) is 57.6 Å². The fourth-order valence-electron chi connectivity index (χ4n) is 3.02. The van der Waals surface area contributed by atoms with Crippen LogP contribution in [-0.4, -0.2) is 23.0 Å². The van der Waals surface area contributed by atoms with E-state index in [4.69, 9.17) is 0 Å². The third-order valence-electron chi connectivity index (χ3n) is 4.42. The van der Waals surface area contributed by atoms with E-state index in [-0.39, 0.29) is 16.1 Å². The van der Waals surface area contributed by atoms with Crippen molar-refractivity contribution >= 4 is 28.9 Å². The molecule has 0 atom stereocenters. The van der Waals surface area contributed by atoms with Gasteiger partial charge >= 0.3 is 12.1 Å². The van der Waals surface area contributed by atoms with Crippen LogP contribution in [0.4, 0.5) is 18.9 Å². The highest BCUT2D eigenvalue weighted by Crippen LogP contribution is 2.38. The highest BCUT2D eigenvalue weighted by atomic mass is 32.1. The summed E-state index contributed by atoms with van der Waals surface area (Å²) in [7, 11) is 0. The summed E-state index contributed by atoms with van der Waals surface area (Å²) in [6.07, 6.45) is -4.51. The first-order valence-corrected chi connectivity index (χ1v) is 9.84. The molecular formula is C22H18F3NO3S. The van der Waals surface area contributed by atoms with Crippen molar-refractivity contribution in [3.8, 4) is 10.4 Å². The molecule has 1 heterocycles. The second-order valence-corrected chi connectivity index (χ2v) is 7.89. The summed E-state index contributed by atoms with van der Waals surface area (Å²) in [5.74, 6) is -1.75. The van der Waals surface area contributed by atoms with E-state index in [1.54, 1.807) is 19.9 Å². The van der Waals surface area contributed by atoms with Crippen LogP contribution in [0, 0.1) is 0 Å². The number of benzene rings is 2. The van der Waals surface area contributed by atoms with Gasteiger partial charge in [0.2, 0.25) is 0 Å². The van der Waals surface area contributed by atoms with Crippen molar-refractivity contribution in [3.63, 3.8) is 0 Å². The number of carboxylic acids is 1. The maximum absolute atomic E-state index is 13.1. The third-order valence-corrected chi connectivity index (χ3v) is 5.58. The maximum atomic E-state index is 13.1. The number of nitrogens with zero attached hydrogens (tertiary/aromatic N) is 1. The van der Waals surface area contributed by atoms with Crippen molar-refractivity contribution < 1.29 is 27.9 Å². The van der Waals surface area contributed by atoms with Gasteiger partial charge in [-0.25, -0.2) is 4.79 Å². The molecule has 0 aliphatic rings. The number of thiophene rings is 1. The van der Waals surface area contributed by atoms with E-state index < -0.39 is 29.7 Å². The molecule has 0 saturated heterocycles. The van der Waals surface area contributed by atoms with Crippen molar-refractivity contribution in [3.05, 3.63) is 76.7 Å². The van der Waals surface area contributed by atoms with Gasteiger partial charge < -0.3 is 10.0 Å². The largest absolute Gasteiger partial charge is 0.477 e. The Morgan fingerprint density at radius 3 is 2.10 bits per heavy atom. The quantitative estimate of drug-likeness (QED) is 0.522. The monoisotopic (exact) mass is 433 g/mol. The average Bonchev–Trinajstić information content (AvgIpc) is 3.13. The minimum atomic E-state index is -4.51. The summed E-state index contributed by atoms with van der Waals surface area (Å²) >= 11 is 1.04. The lowest BCUT2D eigenvalue weighted by molar-refractivity contribution is -0.137. The molecule has 156 valence electrons. The number of anilines is 1. The number of carbonyl (C=O) groups is 2. The van der Waals surface area contributed by atoms with Crippen LogP contribution in [0.5, 0.6) is 0 Å². The summed E-state index contributed by atoms with van der Waals surface area (Å²) in [6.45, 7) is 3.43. The van der Waals surface area contributed by atoms with Crippen LogP contribution in [0.1, 0.15) is 39.4 Å². The number of alkyl halides is 3. The molecule has 0 aliphatic carbocycles. The van der Waals surface area contributed by atoms with Crippen molar-refractivity contribution in [2.24, 2.45) is 0 Å². The number of halogens is 3. The van der Waals surface area contributed by atoms with Crippen LogP contribution in [0.15, 0.2) is 60.7 Å². The van der Waals surface area contributed by atoms with E-state index in [9.17, 15) is 27.9 Å². The van der Waals surface area contributed by atoms with Crippen molar-refractivity contribution in [2.75, 3.05) is 4.90 Å². The Hall–Kier alpha value is -3.13. The van der Waals surface area contributed by atoms with Crippen LogP contribution in [0.25, 0.3) is 10.4 Å². The molecule has 3 aromatic rings. The van der Waals surface area contributed by atoms with Gasteiger partial charge in [-0.15, -0.1) is 11.3 Å². The normalized spacial score (nSPS) is 11.5. The van der Waals surface area contributed by atoms with Crippen molar-refractivity contribution in [1.82, 2.24) is 0 Å². The van der Waals surface area contributed by atoms with Gasteiger partial charge in [-0.05, 0) is 49.7 Å². The second-order valence-electron chi connectivity index (χ2n) is 6.84. The molecule has 1 N–H and O–H groups in total. The number of hydrogen-bond donors (Lipinski definition) is 1. The summed E-state index contributed by atoms with van der Waals surface area (Å²) in [4.78, 5) is 26.9. The summed E-state index contributed by atoms with van der Waals surface area (Å²) in [6, 6.07) is 14.2. The highest BCUT2D eigenvalue weighted by molar-refractivity contribution is 7.18. The van der Waals surface area contributed by atoms with Gasteiger partial charge in [-0.3, -0.25) is 4.79 Å². The SMILES string of the molecule is CC(C)N(C(=O)c1ccc(C(F)(F)F)cc1)c1cc(-c2ccccc2)sc1C(=O)O. The number of carboxylic acid groups (broad SMARTS) is 1. The predicted octanol–water partition coefficient (Wildman–Crippen LogP) is 6.19. The molecule has 0 bridgehead atoms. The fourth-order valence-corrected chi connectivity index (χ4v) is 4.01. The molecule has 4 nitrogen and oxygen atoms in total. The molecule has 0 radical (unpaired) electrons. The average molecular weight is 433 g/mol. The zero-order chi connectivity index (χ0) is 22.1. The molecule has 0 unspecified atom stereocenters. The highest BCUT2D eigenvalue weighted by Gasteiger charge is 2.32. The number of carbonyl (C=O) groups excluding carboxylic acids is 1. The van der Waals surface area contributed by atoms with Gasteiger partial charge in [0.25, 0.3) is 5.91 Å². The fraction of sp³-hybridized carbons (Fsp3) is 0.182. The van der Waals surface area contributed by atoms with Gasteiger partial charge in [0.1, 0.15) is 4.88 Å². The molecule has 1 aromatic heterocycles. The molecule has 30 heavy (non-hydrogen) atoms. The molecule has 2 aromatic carbocycles. The Balaban J connectivity index is 2.05. The number of aromatic carboxylic acids is 1. The lowest BCUT2D eigenvalue weighted by Crippen LogP contribution is -2.37. The van der Waals surface area contributed by atoms with Crippen LogP contribution in [-0.2, 0) is 6.18 Å². The van der Waals surface area contributed by atoms with E-state index in [1.165, 1.54) is 4.90 Å². The van der Waals surface area contributed by atoms with Crippen LogP contribution in [0.2, 0.25) is 0 Å². The Morgan fingerprint density at radius 1 is 1.00 bits per heavy atom. The Morgan fingerprint density at radius 2 is 1.60 bits per heavy atom. The molecule has 0 saturated carbocycles. The first kappa shape index (κ1) is 21.6. The number of rotatable bonds is 5. The van der Waals surface area contributed by atoms with Gasteiger partial charge in [0.05, 0.1) is 11.3 Å². The third kappa shape index (κ3) is 4.38. The van der Waals surface area contributed by atoms with Gasteiger partial charge in [-0.2, -0.15) is 13.2 Å². The Kier molecular flexibility index (Phi) is 5.98. The predicted molar refractivity (Wildman–Crippen MR) is 110 cm³/mol. The van der Waals surface area contributed by atoms with E-state index in [1.807, 2.05) is 30.3 Å². The van der Waals surface area contributed by atoms with E-state index in [0.29, 0.717) is 4.88 Å². The van der Waals surface area contributed by atoms with Crippen LogP contribution >= 0.6 is 11.3 Å². The summed E-state index contributed by atoms with van der Waals surface area (Å²) in [5.41, 5.74) is 0.206. The smallest absolute Gasteiger partial charge is 0.416 e. The zero-order valence-corrected chi connectivity index (χ0v) is 16.9. The molecule has 0 fully saturated rings. The van der Waals surface area contributed by atoms with E-state index >= 15 is 0 Å². The molecule has 1 amide bonds. The van der Waals surface area contributed by atoms with Gasteiger partial charge in [0.15, 0.2) is 0 Å². The van der Waals surface area contributed by atoms with Crippen molar-refractivity contribution in [2.45, 2.75) is 26.1 Å². The van der Waals surface area contributed by atoms with Crippen LogP contribution in [0.3, 0.4) is 0 Å². The maximum Gasteiger partial charge on any atom is 0.416 e. The minimum Gasteiger partial charge on any atom is -0.477 e. The first-order valence-electron chi connectivity index (χ1n) is 9.03. The Bertz CT molecular complexity index is 1060. The Labute approximate surface area is 175 Å². The van der Waals surface area contributed by atoms with Crippen molar-refractivity contribution in [1.29, 1.82) is 0 Å². The van der Waals surface area contributed by atoms with Gasteiger partial charge in [-0.1, -0.05) is 30.3 Å². The van der Waals surface area contributed by atoms with Gasteiger partial charge in [0, 0.05) is 16.5 Å². The van der Waals surface area contributed by atoms with Crippen LogP contribution < -0.4 is 4.90 Å². The van der Waals surface area contributed by atoms with E-state index in [0.717, 1.165) is 41.2 Å². The number of hydrogen-bond acceptors (Lipinski definition) is 3.